The lowest BCUT2D eigenvalue weighted by Gasteiger charge is -2.25. The second-order valence-corrected chi connectivity index (χ2v) is 8.49. The number of rotatable bonds is 6. The van der Waals surface area contributed by atoms with Gasteiger partial charge in [0.1, 0.15) is 11.5 Å². The van der Waals surface area contributed by atoms with Gasteiger partial charge in [0.2, 0.25) is 0 Å². The second kappa shape index (κ2) is 9.10. The van der Waals surface area contributed by atoms with E-state index in [-0.39, 0.29) is 17.9 Å². The van der Waals surface area contributed by atoms with Gasteiger partial charge < -0.3 is 19.7 Å². The van der Waals surface area contributed by atoms with Crippen LogP contribution in [0.25, 0.3) is 16.7 Å². The first-order valence-electron chi connectivity index (χ1n) is 11.5. The van der Waals surface area contributed by atoms with Crippen LogP contribution in [0.15, 0.2) is 78.8 Å². The van der Waals surface area contributed by atoms with E-state index in [0.717, 1.165) is 27.6 Å². The first-order chi connectivity index (χ1) is 17.0. The van der Waals surface area contributed by atoms with E-state index < -0.39 is 17.7 Å². The molecule has 1 saturated heterocycles. The highest BCUT2D eigenvalue weighted by molar-refractivity contribution is 6.46. The number of hydrogen-bond donors (Lipinski definition) is 2. The summed E-state index contributed by atoms with van der Waals surface area (Å²) in [5.41, 5.74) is 3.82. The minimum Gasteiger partial charge on any atom is -0.507 e. The Balaban J connectivity index is 1.68. The molecule has 35 heavy (non-hydrogen) atoms. The number of ketones is 1. The van der Waals surface area contributed by atoms with E-state index in [9.17, 15) is 14.7 Å². The predicted octanol–water partition coefficient (Wildman–Crippen LogP) is 4.89. The third-order valence-electron chi connectivity index (χ3n) is 6.31. The van der Waals surface area contributed by atoms with Crippen molar-refractivity contribution in [2.45, 2.75) is 26.4 Å². The highest BCUT2D eigenvalue weighted by Crippen LogP contribution is 2.43. The van der Waals surface area contributed by atoms with Crippen LogP contribution in [0.2, 0.25) is 0 Å². The molecular weight excluding hydrogens is 442 g/mol. The van der Waals surface area contributed by atoms with Crippen LogP contribution in [0.1, 0.15) is 35.2 Å². The minimum absolute atomic E-state index is 0.0670. The quantitative estimate of drug-likeness (QED) is 0.239. The molecule has 2 N–H and O–H groups in total. The highest BCUT2D eigenvalue weighted by Gasteiger charge is 2.46. The number of amides is 1. The molecule has 2 aromatic heterocycles. The average molecular weight is 468 g/mol. The van der Waals surface area contributed by atoms with Crippen LogP contribution in [0.4, 0.5) is 0 Å². The molecule has 1 atom stereocenters. The number of Topliss-reactive ketones (excluding diaryl/α,β-unsaturated/α-hetero) is 1. The summed E-state index contributed by atoms with van der Waals surface area (Å²) in [5.74, 6) is -0.864. The number of aromatic nitrogens is 2. The molecule has 7 heteroatoms. The molecule has 1 amide bonds. The molecular formula is C28H25N3O4. The molecule has 1 aliphatic rings. The Morgan fingerprint density at radius 3 is 2.63 bits per heavy atom. The Kier molecular flexibility index (Phi) is 5.82. The summed E-state index contributed by atoms with van der Waals surface area (Å²) in [6.07, 6.45) is 5.10. The predicted molar refractivity (Wildman–Crippen MR) is 133 cm³/mol. The van der Waals surface area contributed by atoms with Gasteiger partial charge in [-0.25, -0.2) is 0 Å². The Labute approximate surface area is 202 Å². The lowest BCUT2D eigenvalue weighted by Crippen LogP contribution is -2.29. The fourth-order valence-corrected chi connectivity index (χ4v) is 4.64. The molecule has 3 heterocycles. The van der Waals surface area contributed by atoms with Crippen molar-refractivity contribution in [3.8, 4) is 5.75 Å². The molecule has 1 unspecified atom stereocenters. The van der Waals surface area contributed by atoms with Crippen LogP contribution >= 0.6 is 0 Å². The molecule has 1 aliphatic heterocycles. The number of likely N-dealkylation sites (tertiary alicyclic amines) is 1. The Morgan fingerprint density at radius 2 is 1.89 bits per heavy atom. The van der Waals surface area contributed by atoms with Gasteiger partial charge in [0.25, 0.3) is 11.7 Å². The van der Waals surface area contributed by atoms with Crippen molar-refractivity contribution in [2.24, 2.45) is 0 Å². The fourth-order valence-electron chi connectivity index (χ4n) is 4.64. The van der Waals surface area contributed by atoms with Gasteiger partial charge in [0, 0.05) is 47.2 Å². The summed E-state index contributed by atoms with van der Waals surface area (Å²) < 4.78 is 5.61. The van der Waals surface area contributed by atoms with E-state index in [2.05, 4.69) is 9.97 Å². The van der Waals surface area contributed by atoms with Gasteiger partial charge >= 0.3 is 0 Å². The fraction of sp³-hybridized carbons (Fsp3) is 0.179. The third kappa shape index (κ3) is 3.95. The van der Waals surface area contributed by atoms with E-state index in [1.54, 1.807) is 48.9 Å². The molecule has 0 spiro atoms. The number of fused-ring (bicyclic) bond motifs is 1. The number of aromatic amines is 1. The molecule has 4 aromatic rings. The number of aryl methyl sites for hydroxylation is 1. The number of benzene rings is 2. The maximum absolute atomic E-state index is 13.4. The third-order valence-corrected chi connectivity index (χ3v) is 6.31. The van der Waals surface area contributed by atoms with Crippen molar-refractivity contribution in [3.05, 3.63) is 101 Å². The Morgan fingerprint density at radius 1 is 1.11 bits per heavy atom. The van der Waals surface area contributed by atoms with Crippen molar-refractivity contribution < 1.29 is 19.4 Å². The summed E-state index contributed by atoms with van der Waals surface area (Å²) in [6, 6.07) is 15.8. The van der Waals surface area contributed by atoms with Crippen molar-refractivity contribution in [3.63, 3.8) is 0 Å². The van der Waals surface area contributed by atoms with Gasteiger partial charge in [-0.1, -0.05) is 18.2 Å². The van der Waals surface area contributed by atoms with Crippen LogP contribution < -0.4 is 4.74 Å². The van der Waals surface area contributed by atoms with Crippen LogP contribution in [-0.4, -0.2) is 38.3 Å². The van der Waals surface area contributed by atoms with Crippen LogP contribution in [0.5, 0.6) is 5.75 Å². The molecule has 176 valence electrons. The number of aliphatic hydroxyl groups is 1. The van der Waals surface area contributed by atoms with Gasteiger partial charge in [-0.3, -0.25) is 14.6 Å². The highest BCUT2D eigenvalue weighted by atomic mass is 16.5. The van der Waals surface area contributed by atoms with Gasteiger partial charge in [-0.15, -0.1) is 0 Å². The zero-order valence-corrected chi connectivity index (χ0v) is 19.5. The summed E-state index contributed by atoms with van der Waals surface area (Å²) in [4.78, 5) is 35.4. The van der Waals surface area contributed by atoms with Crippen molar-refractivity contribution >= 4 is 28.4 Å². The monoisotopic (exact) mass is 467 g/mol. The van der Waals surface area contributed by atoms with E-state index in [4.69, 9.17) is 4.74 Å². The lowest BCUT2D eigenvalue weighted by atomic mass is 9.94. The van der Waals surface area contributed by atoms with Crippen LogP contribution in [-0.2, 0) is 16.1 Å². The number of ether oxygens (including phenoxy) is 1. The first kappa shape index (κ1) is 22.4. The van der Waals surface area contributed by atoms with E-state index in [1.807, 2.05) is 38.1 Å². The van der Waals surface area contributed by atoms with Crippen LogP contribution in [0.3, 0.4) is 0 Å². The van der Waals surface area contributed by atoms with Crippen LogP contribution in [0, 0.1) is 6.92 Å². The zero-order valence-electron chi connectivity index (χ0n) is 19.5. The second-order valence-electron chi connectivity index (χ2n) is 8.49. The van der Waals surface area contributed by atoms with E-state index in [0.29, 0.717) is 17.9 Å². The number of H-pyrrole nitrogens is 1. The normalized spacial score (nSPS) is 17.3. The SMILES string of the molecule is CCOc1ccc(/C(O)=C2\C(=O)C(=O)N(Cc3ccncc3)C2c2c[nH]c3ccccc23)cc1C. The lowest BCUT2D eigenvalue weighted by molar-refractivity contribution is -0.140. The number of hydrogen-bond acceptors (Lipinski definition) is 5. The number of carbonyl (C=O) groups is 2. The molecule has 1 fully saturated rings. The maximum atomic E-state index is 13.4. The topological polar surface area (TPSA) is 95.5 Å². The maximum Gasteiger partial charge on any atom is 0.295 e. The molecule has 0 bridgehead atoms. The molecule has 0 saturated carbocycles. The summed E-state index contributed by atoms with van der Waals surface area (Å²) in [7, 11) is 0. The number of nitrogens with zero attached hydrogens (tertiary/aromatic N) is 2. The van der Waals surface area contributed by atoms with Gasteiger partial charge in [-0.05, 0) is 61.4 Å². The first-order valence-corrected chi connectivity index (χ1v) is 11.5. The number of carbonyl (C=O) groups excluding carboxylic acids is 2. The largest absolute Gasteiger partial charge is 0.507 e. The number of aliphatic hydroxyl groups excluding tert-OH is 1. The van der Waals surface area contributed by atoms with E-state index >= 15 is 0 Å². The van der Waals surface area contributed by atoms with E-state index in [1.165, 1.54) is 4.90 Å². The molecule has 0 radical (unpaired) electrons. The smallest absolute Gasteiger partial charge is 0.295 e. The average Bonchev–Trinajstić information content (AvgIpc) is 3.40. The molecule has 5 rings (SSSR count). The van der Waals surface area contributed by atoms with Crippen molar-refractivity contribution in [1.29, 1.82) is 0 Å². The number of nitrogens with one attached hydrogen (secondary N) is 1. The number of para-hydroxylation sites is 1. The van der Waals surface area contributed by atoms with Gasteiger partial charge in [-0.2, -0.15) is 0 Å². The van der Waals surface area contributed by atoms with Crippen molar-refractivity contribution in [1.82, 2.24) is 14.9 Å². The summed E-state index contributed by atoms with van der Waals surface area (Å²) in [5, 5.41) is 12.3. The minimum atomic E-state index is -0.758. The van der Waals surface area contributed by atoms with Crippen molar-refractivity contribution in [2.75, 3.05) is 6.61 Å². The zero-order chi connectivity index (χ0) is 24.5. The molecule has 2 aromatic carbocycles. The van der Waals surface area contributed by atoms with Gasteiger partial charge in [0.15, 0.2) is 0 Å². The standard InChI is InChI=1S/C28H25N3O4/c1-3-35-23-9-8-19(14-17(23)2)26(32)24-25(21-15-30-22-7-5-4-6-20(21)22)31(28(34)27(24)33)16-18-10-12-29-13-11-18/h4-15,25,30,32H,3,16H2,1-2H3/b26-24+. The molecule has 7 nitrogen and oxygen atoms in total. The Bertz CT molecular complexity index is 1460. The number of pyridine rings is 1. The molecule has 0 aliphatic carbocycles. The summed E-state index contributed by atoms with van der Waals surface area (Å²) >= 11 is 0. The Hall–Kier alpha value is -4.39. The summed E-state index contributed by atoms with van der Waals surface area (Å²) in [6.45, 7) is 4.50. The van der Waals surface area contributed by atoms with Gasteiger partial charge in [0.05, 0.1) is 18.2 Å².